The molecule has 1 saturated heterocycles. The van der Waals surface area contributed by atoms with Crippen molar-refractivity contribution >= 4 is 22.8 Å². The molecule has 0 radical (unpaired) electrons. The largest absolute Gasteiger partial charge is 0.375 e. The topological polar surface area (TPSA) is 76.4 Å². The minimum atomic E-state index is 0.0337. The van der Waals surface area contributed by atoms with E-state index in [9.17, 15) is 4.79 Å². The summed E-state index contributed by atoms with van der Waals surface area (Å²) in [4.78, 5) is 25.8. The predicted molar refractivity (Wildman–Crippen MR) is 111 cm³/mol. The molecule has 1 amide bonds. The molecule has 0 spiro atoms. The van der Waals surface area contributed by atoms with E-state index in [-0.39, 0.29) is 12.5 Å². The monoisotopic (exact) mass is 394 g/mol. The minimum absolute atomic E-state index is 0.0337. The molecule has 3 aromatic rings. The molecular formula is C21H26N6O2. The van der Waals surface area contributed by atoms with Gasteiger partial charge in [0.15, 0.2) is 5.65 Å². The molecule has 8 nitrogen and oxygen atoms in total. The Hall–Kier alpha value is -3.00. The van der Waals surface area contributed by atoms with Gasteiger partial charge < -0.3 is 14.5 Å². The predicted octanol–water partition coefficient (Wildman–Crippen LogP) is 2.12. The lowest BCUT2D eigenvalue weighted by molar-refractivity contribution is -0.134. The van der Waals surface area contributed by atoms with E-state index < -0.39 is 0 Å². The summed E-state index contributed by atoms with van der Waals surface area (Å²) in [5.41, 5.74) is 2.69. The SMILES string of the molecule is COCC(=O)N1CCCN(c2nc(C)nc3c2c(C)nn3-c2ccccc2)CC1. The number of ether oxygens (including phenoxy) is 1. The second kappa shape index (κ2) is 8.16. The average molecular weight is 394 g/mol. The number of nitrogens with zero attached hydrogens (tertiary/aromatic N) is 6. The number of rotatable bonds is 4. The summed E-state index contributed by atoms with van der Waals surface area (Å²) in [7, 11) is 1.55. The molecule has 29 heavy (non-hydrogen) atoms. The highest BCUT2D eigenvalue weighted by Gasteiger charge is 2.24. The van der Waals surface area contributed by atoms with Gasteiger partial charge in [-0.1, -0.05) is 18.2 Å². The smallest absolute Gasteiger partial charge is 0.248 e. The van der Waals surface area contributed by atoms with Crippen LogP contribution in [0.25, 0.3) is 16.7 Å². The van der Waals surface area contributed by atoms with Crippen LogP contribution in [-0.2, 0) is 9.53 Å². The van der Waals surface area contributed by atoms with Crippen molar-refractivity contribution < 1.29 is 9.53 Å². The molecule has 0 unspecified atom stereocenters. The third kappa shape index (κ3) is 3.80. The minimum Gasteiger partial charge on any atom is -0.375 e. The Morgan fingerprint density at radius 3 is 2.62 bits per heavy atom. The van der Waals surface area contributed by atoms with Gasteiger partial charge in [0.2, 0.25) is 5.91 Å². The first-order valence-electron chi connectivity index (χ1n) is 9.89. The van der Waals surface area contributed by atoms with Gasteiger partial charge >= 0.3 is 0 Å². The summed E-state index contributed by atoms with van der Waals surface area (Å²) < 4.78 is 6.89. The second-order valence-corrected chi connectivity index (χ2v) is 7.28. The summed E-state index contributed by atoms with van der Waals surface area (Å²) in [5.74, 6) is 1.64. The van der Waals surface area contributed by atoms with E-state index in [4.69, 9.17) is 19.8 Å². The summed E-state index contributed by atoms with van der Waals surface area (Å²) in [5, 5.41) is 5.72. The van der Waals surface area contributed by atoms with Crippen LogP contribution in [0.15, 0.2) is 30.3 Å². The number of amides is 1. The Morgan fingerprint density at radius 2 is 1.86 bits per heavy atom. The highest BCUT2D eigenvalue weighted by molar-refractivity contribution is 5.91. The van der Waals surface area contributed by atoms with Crippen molar-refractivity contribution in [3.63, 3.8) is 0 Å². The number of carbonyl (C=O) groups is 1. The molecule has 2 aromatic heterocycles. The summed E-state index contributed by atoms with van der Waals surface area (Å²) in [6.07, 6.45) is 0.881. The normalized spacial score (nSPS) is 15.0. The van der Waals surface area contributed by atoms with Crippen molar-refractivity contribution in [3.8, 4) is 5.69 Å². The number of carbonyl (C=O) groups excluding carboxylic acids is 1. The van der Waals surface area contributed by atoms with Gasteiger partial charge in [-0.2, -0.15) is 5.10 Å². The molecule has 1 aliphatic rings. The van der Waals surface area contributed by atoms with Gasteiger partial charge in [0.25, 0.3) is 0 Å². The molecule has 152 valence electrons. The van der Waals surface area contributed by atoms with Gasteiger partial charge in [0.05, 0.1) is 16.8 Å². The number of anilines is 1. The van der Waals surface area contributed by atoms with Crippen LogP contribution in [0.1, 0.15) is 17.9 Å². The molecule has 1 aromatic carbocycles. The van der Waals surface area contributed by atoms with Gasteiger partial charge in [-0.25, -0.2) is 14.6 Å². The highest BCUT2D eigenvalue weighted by Crippen LogP contribution is 2.29. The Bertz CT molecular complexity index is 1020. The van der Waals surface area contributed by atoms with E-state index in [2.05, 4.69) is 4.90 Å². The van der Waals surface area contributed by atoms with Crippen LogP contribution in [0.3, 0.4) is 0 Å². The number of aromatic nitrogens is 4. The van der Waals surface area contributed by atoms with Crippen LogP contribution in [-0.4, -0.2) is 70.5 Å². The summed E-state index contributed by atoms with van der Waals surface area (Å²) in [6.45, 7) is 6.96. The molecule has 8 heteroatoms. The van der Waals surface area contributed by atoms with E-state index >= 15 is 0 Å². The first-order chi connectivity index (χ1) is 14.1. The average Bonchev–Trinajstić information content (AvgIpc) is 2.90. The number of hydrogen-bond acceptors (Lipinski definition) is 6. The number of hydrogen-bond donors (Lipinski definition) is 0. The lowest BCUT2D eigenvalue weighted by Gasteiger charge is -2.23. The fraction of sp³-hybridized carbons (Fsp3) is 0.429. The van der Waals surface area contributed by atoms with Crippen molar-refractivity contribution in [2.75, 3.05) is 44.8 Å². The molecule has 0 saturated carbocycles. The van der Waals surface area contributed by atoms with Gasteiger partial charge in [0.1, 0.15) is 18.2 Å². The third-order valence-corrected chi connectivity index (χ3v) is 5.21. The van der Waals surface area contributed by atoms with E-state index in [1.807, 2.05) is 53.8 Å². The van der Waals surface area contributed by atoms with E-state index in [1.165, 1.54) is 0 Å². The van der Waals surface area contributed by atoms with Gasteiger partial charge in [-0.05, 0) is 32.4 Å². The molecule has 1 aliphatic heterocycles. The van der Waals surface area contributed by atoms with Crippen molar-refractivity contribution in [1.29, 1.82) is 0 Å². The van der Waals surface area contributed by atoms with Gasteiger partial charge in [-0.15, -0.1) is 0 Å². The maximum atomic E-state index is 12.2. The van der Waals surface area contributed by atoms with Crippen LogP contribution in [0.2, 0.25) is 0 Å². The van der Waals surface area contributed by atoms with Gasteiger partial charge in [0, 0.05) is 33.3 Å². The van der Waals surface area contributed by atoms with Crippen molar-refractivity contribution in [2.24, 2.45) is 0 Å². The molecule has 3 heterocycles. The standard InChI is InChI=1S/C21H26N6O2/c1-15-19-20(26-11-7-10-25(12-13-26)18(28)14-29-3)22-16(2)23-21(19)27(24-15)17-8-5-4-6-9-17/h4-6,8-9H,7,10-14H2,1-3H3. The number of para-hydroxylation sites is 1. The second-order valence-electron chi connectivity index (χ2n) is 7.28. The first-order valence-corrected chi connectivity index (χ1v) is 9.89. The van der Waals surface area contributed by atoms with Crippen molar-refractivity contribution in [2.45, 2.75) is 20.3 Å². The fourth-order valence-corrected chi connectivity index (χ4v) is 3.84. The maximum absolute atomic E-state index is 12.2. The summed E-state index contributed by atoms with van der Waals surface area (Å²) >= 11 is 0. The van der Waals surface area contributed by atoms with E-state index in [0.717, 1.165) is 54.3 Å². The first kappa shape index (κ1) is 19.3. The third-order valence-electron chi connectivity index (χ3n) is 5.21. The zero-order valence-electron chi connectivity index (χ0n) is 17.1. The Labute approximate surface area is 170 Å². The van der Waals surface area contributed by atoms with Crippen molar-refractivity contribution in [3.05, 3.63) is 41.9 Å². The van der Waals surface area contributed by atoms with E-state index in [1.54, 1.807) is 7.11 Å². The Morgan fingerprint density at radius 1 is 1.07 bits per heavy atom. The highest BCUT2D eigenvalue weighted by atomic mass is 16.5. The molecule has 0 aliphatic carbocycles. The Kier molecular flexibility index (Phi) is 5.44. The van der Waals surface area contributed by atoms with E-state index in [0.29, 0.717) is 12.4 Å². The zero-order chi connectivity index (χ0) is 20.4. The summed E-state index contributed by atoms with van der Waals surface area (Å²) in [6, 6.07) is 10.0. The number of benzene rings is 1. The quantitative estimate of drug-likeness (QED) is 0.675. The van der Waals surface area contributed by atoms with Crippen molar-refractivity contribution in [1.82, 2.24) is 24.6 Å². The number of fused-ring (bicyclic) bond motifs is 1. The van der Waals surface area contributed by atoms with Crippen LogP contribution >= 0.6 is 0 Å². The Balaban J connectivity index is 1.71. The molecular weight excluding hydrogens is 368 g/mol. The zero-order valence-corrected chi connectivity index (χ0v) is 17.1. The van der Waals surface area contributed by atoms with Crippen LogP contribution < -0.4 is 4.90 Å². The lowest BCUT2D eigenvalue weighted by Crippen LogP contribution is -2.37. The van der Waals surface area contributed by atoms with Crippen LogP contribution in [0, 0.1) is 13.8 Å². The van der Waals surface area contributed by atoms with Crippen LogP contribution in [0.5, 0.6) is 0 Å². The van der Waals surface area contributed by atoms with Gasteiger partial charge in [-0.3, -0.25) is 4.79 Å². The van der Waals surface area contributed by atoms with Crippen LogP contribution in [0.4, 0.5) is 5.82 Å². The molecule has 0 atom stereocenters. The molecule has 0 N–H and O–H groups in total. The molecule has 1 fully saturated rings. The number of methoxy groups -OCH3 is 1. The maximum Gasteiger partial charge on any atom is 0.248 e. The number of aryl methyl sites for hydroxylation is 2. The fourth-order valence-electron chi connectivity index (χ4n) is 3.84. The molecule has 0 bridgehead atoms. The lowest BCUT2D eigenvalue weighted by atomic mass is 10.2. The molecule has 4 rings (SSSR count).